The molecule has 1 heterocycles. The number of rotatable bonds is 3. The van der Waals surface area contributed by atoms with Crippen LogP contribution in [0.25, 0.3) is 0 Å². The van der Waals surface area contributed by atoms with Gasteiger partial charge in [0.05, 0.1) is 23.4 Å². The minimum atomic E-state index is 0.162. The minimum absolute atomic E-state index is 0.162. The molecule has 4 heteroatoms. The molecule has 0 spiro atoms. The molecular weight excluding hydrogens is 200 g/mol. The number of nitrogens with one attached hydrogen (secondary N) is 2. The molecule has 0 bridgehead atoms. The molecule has 0 saturated heterocycles. The molecule has 80 valence electrons. The molecule has 1 aromatic heterocycles. The van der Waals surface area contributed by atoms with Gasteiger partial charge in [-0.1, -0.05) is 0 Å². The molecule has 0 saturated carbocycles. The van der Waals surface area contributed by atoms with Crippen molar-refractivity contribution in [1.29, 1.82) is 5.26 Å². The fraction of sp³-hybridized carbons (Fsp3) is 0.167. The van der Waals surface area contributed by atoms with Crippen molar-refractivity contribution in [2.45, 2.75) is 13.0 Å². The zero-order chi connectivity index (χ0) is 11.4. The number of aromatic amines is 1. The molecule has 4 nitrogen and oxygen atoms in total. The van der Waals surface area contributed by atoms with Crippen molar-refractivity contribution in [3.05, 3.63) is 47.8 Å². The molecule has 0 fully saturated rings. The van der Waals surface area contributed by atoms with Crippen molar-refractivity contribution in [1.82, 2.24) is 10.2 Å². The summed E-state index contributed by atoms with van der Waals surface area (Å²) in [5.74, 6) is 0. The number of anilines is 1. The second-order valence-electron chi connectivity index (χ2n) is 3.57. The first kappa shape index (κ1) is 10.2. The number of hydrogen-bond acceptors (Lipinski definition) is 3. The van der Waals surface area contributed by atoms with Gasteiger partial charge in [0.15, 0.2) is 0 Å². The number of nitriles is 1. The third-order valence-electron chi connectivity index (χ3n) is 2.39. The van der Waals surface area contributed by atoms with Crippen LogP contribution in [0.5, 0.6) is 0 Å². The quantitative estimate of drug-likeness (QED) is 0.821. The Morgan fingerprint density at radius 1 is 1.31 bits per heavy atom. The Morgan fingerprint density at radius 3 is 2.62 bits per heavy atom. The van der Waals surface area contributed by atoms with Crippen molar-refractivity contribution in [3.63, 3.8) is 0 Å². The van der Waals surface area contributed by atoms with Gasteiger partial charge in [-0.2, -0.15) is 10.4 Å². The van der Waals surface area contributed by atoms with Crippen molar-refractivity contribution in [2.75, 3.05) is 5.32 Å². The first-order chi connectivity index (χ1) is 7.79. The predicted molar refractivity (Wildman–Crippen MR) is 61.8 cm³/mol. The van der Waals surface area contributed by atoms with E-state index in [-0.39, 0.29) is 6.04 Å². The lowest BCUT2D eigenvalue weighted by molar-refractivity contribution is 0.826. The van der Waals surface area contributed by atoms with Gasteiger partial charge in [-0.15, -0.1) is 0 Å². The SMILES string of the molecule is CC(Nc1ccc(C#N)cc1)c1ccn[nH]1. The largest absolute Gasteiger partial charge is 0.377 e. The van der Waals surface area contributed by atoms with Gasteiger partial charge < -0.3 is 5.32 Å². The molecule has 0 aliphatic heterocycles. The van der Waals surface area contributed by atoms with Crippen LogP contribution in [0.1, 0.15) is 24.2 Å². The van der Waals surface area contributed by atoms with E-state index in [1.165, 1.54) is 0 Å². The van der Waals surface area contributed by atoms with Crippen molar-refractivity contribution >= 4 is 5.69 Å². The van der Waals surface area contributed by atoms with Crippen LogP contribution in [0.3, 0.4) is 0 Å². The molecule has 2 aromatic rings. The Hall–Kier alpha value is -2.28. The van der Waals surface area contributed by atoms with Gasteiger partial charge in [-0.05, 0) is 37.3 Å². The molecule has 1 aromatic carbocycles. The summed E-state index contributed by atoms with van der Waals surface area (Å²) in [4.78, 5) is 0. The highest BCUT2D eigenvalue weighted by Gasteiger charge is 2.05. The van der Waals surface area contributed by atoms with Crippen LogP contribution in [0.4, 0.5) is 5.69 Å². The molecule has 1 unspecified atom stereocenters. The summed E-state index contributed by atoms with van der Waals surface area (Å²) in [6.07, 6.45) is 1.73. The number of nitrogens with zero attached hydrogens (tertiary/aromatic N) is 2. The molecule has 0 aliphatic rings. The monoisotopic (exact) mass is 212 g/mol. The summed E-state index contributed by atoms with van der Waals surface area (Å²) >= 11 is 0. The van der Waals surface area contributed by atoms with E-state index in [2.05, 4.69) is 21.6 Å². The third-order valence-corrected chi connectivity index (χ3v) is 2.39. The van der Waals surface area contributed by atoms with Crippen LogP contribution in [0, 0.1) is 11.3 Å². The predicted octanol–water partition coefficient (Wildman–Crippen LogP) is 2.45. The standard InChI is InChI=1S/C12H12N4/c1-9(12-6-7-14-16-12)15-11-4-2-10(8-13)3-5-11/h2-7,9,15H,1H3,(H,14,16). The van der Waals surface area contributed by atoms with Gasteiger partial charge in [0.25, 0.3) is 0 Å². The van der Waals surface area contributed by atoms with E-state index < -0.39 is 0 Å². The van der Waals surface area contributed by atoms with Gasteiger partial charge in [0.2, 0.25) is 0 Å². The van der Waals surface area contributed by atoms with Crippen LogP contribution in [0.15, 0.2) is 36.5 Å². The summed E-state index contributed by atoms with van der Waals surface area (Å²) < 4.78 is 0. The normalized spacial score (nSPS) is 11.8. The van der Waals surface area contributed by atoms with Gasteiger partial charge in [0.1, 0.15) is 0 Å². The first-order valence-electron chi connectivity index (χ1n) is 5.05. The van der Waals surface area contributed by atoms with Crippen LogP contribution in [-0.2, 0) is 0 Å². The van der Waals surface area contributed by atoms with Crippen LogP contribution >= 0.6 is 0 Å². The maximum Gasteiger partial charge on any atom is 0.0991 e. The lowest BCUT2D eigenvalue weighted by Gasteiger charge is -2.13. The maximum atomic E-state index is 8.68. The summed E-state index contributed by atoms with van der Waals surface area (Å²) in [7, 11) is 0. The third kappa shape index (κ3) is 2.20. The summed E-state index contributed by atoms with van der Waals surface area (Å²) in [6.45, 7) is 2.05. The highest BCUT2D eigenvalue weighted by Crippen LogP contribution is 2.17. The fourth-order valence-electron chi connectivity index (χ4n) is 1.48. The Morgan fingerprint density at radius 2 is 2.06 bits per heavy atom. The molecule has 0 radical (unpaired) electrons. The van der Waals surface area contributed by atoms with Gasteiger partial charge in [0, 0.05) is 11.9 Å². The topological polar surface area (TPSA) is 64.5 Å². The molecular formula is C12H12N4. The van der Waals surface area contributed by atoms with Crippen LogP contribution in [-0.4, -0.2) is 10.2 Å². The molecule has 2 N–H and O–H groups in total. The molecule has 2 rings (SSSR count). The minimum Gasteiger partial charge on any atom is -0.377 e. The number of aromatic nitrogens is 2. The van der Waals surface area contributed by atoms with E-state index in [1.54, 1.807) is 18.3 Å². The molecule has 0 aliphatic carbocycles. The van der Waals surface area contributed by atoms with E-state index in [4.69, 9.17) is 5.26 Å². The highest BCUT2D eigenvalue weighted by atomic mass is 15.1. The second-order valence-corrected chi connectivity index (χ2v) is 3.57. The summed E-state index contributed by atoms with van der Waals surface area (Å²) in [6, 6.07) is 11.6. The van der Waals surface area contributed by atoms with Crippen LogP contribution in [0.2, 0.25) is 0 Å². The summed E-state index contributed by atoms with van der Waals surface area (Å²) in [5.41, 5.74) is 2.69. The Balaban J connectivity index is 2.07. The maximum absolute atomic E-state index is 8.68. The number of hydrogen-bond donors (Lipinski definition) is 2. The number of H-pyrrole nitrogens is 1. The number of benzene rings is 1. The second kappa shape index (κ2) is 4.49. The van der Waals surface area contributed by atoms with E-state index in [0.29, 0.717) is 5.56 Å². The van der Waals surface area contributed by atoms with Crippen molar-refractivity contribution < 1.29 is 0 Å². The fourth-order valence-corrected chi connectivity index (χ4v) is 1.48. The van der Waals surface area contributed by atoms with E-state index in [0.717, 1.165) is 11.4 Å². The smallest absolute Gasteiger partial charge is 0.0991 e. The van der Waals surface area contributed by atoms with E-state index in [1.807, 2.05) is 25.1 Å². The van der Waals surface area contributed by atoms with Gasteiger partial charge >= 0.3 is 0 Å². The van der Waals surface area contributed by atoms with Gasteiger partial charge in [-0.3, -0.25) is 5.10 Å². The Kier molecular flexibility index (Phi) is 2.88. The molecule has 16 heavy (non-hydrogen) atoms. The lowest BCUT2D eigenvalue weighted by Crippen LogP contribution is -2.06. The van der Waals surface area contributed by atoms with Gasteiger partial charge in [-0.25, -0.2) is 0 Å². The highest BCUT2D eigenvalue weighted by molar-refractivity contribution is 5.48. The van der Waals surface area contributed by atoms with Crippen molar-refractivity contribution in [3.8, 4) is 6.07 Å². The van der Waals surface area contributed by atoms with Crippen LogP contribution < -0.4 is 5.32 Å². The summed E-state index contributed by atoms with van der Waals surface area (Å²) in [5, 5.41) is 18.8. The zero-order valence-corrected chi connectivity index (χ0v) is 8.94. The Labute approximate surface area is 93.9 Å². The van der Waals surface area contributed by atoms with E-state index >= 15 is 0 Å². The average molecular weight is 212 g/mol. The first-order valence-corrected chi connectivity index (χ1v) is 5.05. The lowest BCUT2D eigenvalue weighted by atomic mass is 10.2. The van der Waals surface area contributed by atoms with Crippen molar-refractivity contribution in [2.24, 2.45) is 0 Å². The van der Waals surface area contributed by atoms with E-state index in [9.17, 15) is 0 Å². The molecule has 1 atom stereocenters. The zero-order valence-electron chi connectivity index (χ0n) is 8.94. The Bertz CT molecular complexity index is 479. The average Bonchev–Trinajstić information content (AvgIpc) is 2.83. The molecule has 0 amide bonds.